The van der Waals surface area contributed by atoms with Gasteiger partial charge in [-0.3, -0.25) is 9.78 Å². The third-order valence-electron chi connectivity index (χ3n) is 3.10. The summed E-state index contributed by atoms with van der Waals surface area (Å²) in [4.78, 5) is 18.3. The summed E-state index contributed by atoms with van der Waals surface area (Å²) in [7, 11) is 3.98. The van der Waals surface area contributed by atoms with E-state index < -0.39 is 0 Å². The lowest BCUT2D eigenvalue weighted by Crippen LogP contribution is -2.23. The first-order valence-electron chi connectivity index (χ1n) is 6.54. The number of amides is 1. The number of benzene rings is 1. The van der Waals surface area contributed by atoms with Gasteiger partial charge in [0.05, 0.1) is 12.2 Å². The average molecular weight is 269 g/mol. The minimum absolute atomic E-state index is 0.0796. The molecule has 104 valence electrons. The number of carbonyl (C=O) groups is 1. The van der Waals surface area contributed by atoms with Crippen LogP contribution in [0.3, 0.4) is 0 Å². The normalized spacial score (nSPS) is 10.2. The lowest BCUT2D eigenvalue weighted by atomic mass is 10.1. The molecule has 0 aliphatic carbocycles. The van der Waals surface area contributed by atoms with E-state index >= 15 is 0 Å². The summed E-state index contributed by atoms with van der Waals surface area (Å²) in [5.74, 6) is -0.0796. The zero-order valence-corrected chi connectivity index (χ0v) is 12.1. The Balaban J connectivity index is 2.04. The molecule has 4 heteroatoms. The van der Waals surface area contributed by atoms with Crippen LogP contribution < -0.4 is 10.2 Å². The van der Waals surface area contributed by atoms with Crippen molar-refractivity contribution in [2.45, 2.75) is 13.5 Å². The second kappa shape index (κ2) is 6.19. The largest absolute Gasteiger partial charge is 0.377 e. The van der Waals surface area contributed by atoms with Crippen molar-refractivity contribution >= 4 is 11.6 Å². The van der Waals surface area contributed by atoms with Crippen molar-refractivity contribution in [2.24, 2.45) is 0 Å². The van der Waals surface area contributed by atoms with Crippen LogP contribution in [0, 0.1) is 6.92 Å². The number of hydrogen-bond acceptors (Lipinski definition) is 3. The standard InChI is InChI=1S/C16H19N3O/c1-12-10-13(7-8-15(12)19(2)3)16(20)18-11-14-6-4-5-9-17-14/h4-10H,11H2,1-3H3,(H,18,20). The maximum atomic E-state index is 12.1. The molecular formula is C16H19N3O. The monoisotopic (exact) mass is 269 g/mol. The van der Waals surface area contributed by atoms with Crippen LogP contribution in [0.5, 0.6) is 0 Å². The average Bonchev–Trinajstić information content (AvgIpc) is 2.45. The van der Waals surface area contributed by atoms with Gasteiger partial charge in [0, 0.05) is 31.5 Å². The first kappa shape index (κ1) is 14.1. The van der Waals surface area contributed by atoms with Crippen molar-refractivity contribution in [3.63, 3.8) is 0 Å². The molecule has 1 aromatic carbocycles. The number of carbonyl (C=O) groups excluding carboxylic acids is 1. The zero-order chi connectivity index (χ0) is 14.5. The summed E-state index contributed by atoms with van der Waals surface area (Å²) >= 11 is 0. The van der Waals surface area contributed by atoms with Gasteiger partial charge in [-0.05, 0) is 42.8 Å². The highest BCUT2D eigenvalue weighted by Gasteiger charge is 2.08. The predicted octanol–water partition coefficient (Wildman–Crippen LogP) is 2.39. The van der Waals surface area contributed by atoms with E-state index in [4.69, 9.17) is 0 Å². The van der Waals surface area contributed by atoms with E-state index in [2.05, 4.69) is 10.3 Å². The molecule has 0 atom stereocenters. The van der Waals surface area contributed by atoms with E-state index in [1.165, 1.54) is 0 Å². The first-order valence-corrected chi connectivity index (χ1v) is 6.54. The van der Waals surface area contributed by atoms with Crippen molar-refractivity contribution in [1.29, 1.82) is 0 Å². The van der Waals surface area contributed by atoms with E-state index in [0.29, 0.717) is 12.1 Å². The highest BCUT2D eigenvalue weighted by Crippen LogP contribution is 2.18. The van der Waals surface area contributed by atoms with Crippen LogP contribution in [0.4, 0.5) is 5.69 Å². The van der Waals surface area contributed by atoms with Crippen molar-refractivity contribution in [3.8, 4) is 0 Å². The van der Waals surface area contributed by atoms with Crippen molar-refractivity contribution in [2.75, 3.05) is 19.0 Å². The Bertz CT molecular complexity index is 594. The van der Waals surface area contributed by atoms with Gasteiger partial charge in [-0.1, -0.05) is 6.07 Å². The predicted molar refractivity (Wildman–Crippen MR) is 80.9 cm³/mol. The Kier molecular flexibility index (Phi) is 4.35. The fraction of sp³-hybridized carbons (Fsp3) is 0.250. The number of rotatable bonds is 4. The molecule has 0 saturated carbocycles. The lowest BCUT2D eigenvalue weighted by molar-refractivity contribution is 0.0950. The molecule has 0 fully saturated rings. The molecule has 1 N–H and O–H groups in total. The molecular weight excluding hydrogens is 250 g/mol. The second-order valence-corrected chi connectivity index (χ2v) is 4.90. The first-order chi connectivity index (χ1) is 9.58. The van der Waals surface area contributed by atoms with Crippen LogP contribution in [-0.4, -0.2) is 25.0 Å². The maximum Gasteiger partial charge on any atom is 0.251 e. The lowest BCUT2D eigenvalue weighted by Gasteiger charge is -2.16. The fourth-order valence-corrected chi connectivity index (χ4v) is 2.07. The molecule has 0 aliphatic heterocycles. The van der Waals surface area contributed by atoms with E-state index in [9.17, 15) is 4.79 Å². The Morgan fingerprint density at radius 1 is 1.25 bits per heavy atom. The molecule has 2 aromatic rings. The van der Waals surface area contributed by atoms with Crippen molar-refractivity contribution in [3.05, 3.63) is 59.4 Å². The third kappa shape index (κ3) is 3.35. The van der Waals surface area contributed by atoms with Crippen LogP contribution >= 0.6 is 0 Å². The van der Waals surface area contributed by atoms with Crippen molar-refractivity contribution in [1.82, 2.24) is 10.3 Å². The minimum atomic E-state index is -0.0796. The summed E-state index contributed by atoms with van der Waals surface area (Å²) in [6.07, 6.45) is 1.72. The summed E-state index contributed by atoms with van der Waals surface area (Å²) in [5, 5.41) is 2.88. The van der Waals surface area contributed by atoms with Crippen LogP contribution in [-0.2, 0) is 6.54 Å². The molecule has 1 aromatic heterocycles. The van der Waals surface area contributed by atoms with Gasteiger partial charge in [-0.2, -0.15) is 0 Å². The molecule has 1 amide bonds. The summed E-state index contributed by atoms with van der Waals surface area (Å²) in [6, 6.07) is 11.4. The van der Waals surface area contributed by atoms with Gasteiger partial charge in [-0.15, -0.1) is 0 Å². The molecule has 0 bridgehead atoms. The number of aryl methyl sites for hydroxylation is 1. The molecule has 20 heavy (non-hydrogen) atoms. The van der Waals surface area contributed by atoms with E-state index in [0.717, 1.165) is 16.9 Å². The number of nitrogens with zero attached hydrogens (tertiary/aromatic N) is 2. The number of anilines is 1. The van der Waals surface area contributed by atoms with Gasteiger partial charge >= 0.3 is 0 Å². The molecule has 2 rings (SSSR count). The molecule has 0 aliphatic rings. The summed E-state index contributed by atoms with van der Waals surface area (Å²) in [5.41, 5.74) is 3.72. The second-order valence-electron chi connectivity index (χ2n) is 4.90. The van der Waals surface area contributed by atoms with Gasteiger partial charge in [0.15, 0.2) is 0 Å². The Hall–Kier alpha value is -2.36. The van der Waals surface area contributed by atoms with Gasteiger partial charge in [0.25, 0.3) is 5.91 Å². The molecule has 0 saturated heterocycles. The van der Waals surface area contributed by atoms with Gasteiger partial charge in [-0.25, -0.2) is 0 Å². The number of hydrogen-bond donors (Lipinski definition) is 1. The van der Waals surface area contributed by atoms with Gasteiger partial charge in [0.2, 0.25) is 0 Å². The number of nitrogens with one attached hydrogen (secondary N) is 1. The highest BCUT2D eigenvalue weighted by atomic mass is 16.1. The topological polar surface area (TPSA) is 45.2 Å². The fourth-order valence-electron chi connectivity index (χ4n) is 2.07. The maximum absolute atomic E-state index is 12.1. The molecule has 0 unspecified atom stereocenters. The van der Waals surface area contributed by atoms with E-state index in [1.807, 2.05) is 62.3 Å². The number of pyridine rings is 1. The summed E-state index contributed by atoms with van der Waals surface area (Å²) in [6.45, 7) is 2.44. The Morgan fingerprint density at radius 3 is 2.65 bits per heavy atom. The summed E-state index contributed by atoms with van der Waals surface area (Å²) < 4.78 is 0. The zero-order valence-electron chi connectivity index (χ0n) is 12.1. The quantitative estimate of drug-likeness (QED) is 0.927. The Labute approximate surface area is 119 Å². The minimum Gasteiger partial charge on any atom is -0.377 e. The number of aromatic nitrogens is 1. The van der Waals surface area contributed by atoms with Crippen LogP contribution in [0.25, 0.3) is 0 Å². The van der Waals surface area contributed by atoms with Crippen LogP contribution in [0.2, 0.25) is 0 Å². The molecule has 1 heterocycles. The van der Waals surface area contributed by atoms with E-state index in [1.54, 1.807) is 6.20 Å². The van der Waals surface area contributed by atoms with Crippen LogP contribution in [0.1, 0.15) is 21.6 Å². The van der Waals surface area contributed by atoms with Gasteiger partial charge < -0.3 is 10.2 Å². The smallest absolute Gasteiger partial charge is 0.251 e. The third-order valence-corrected chi connectivity index (χ3v) is 3.10. The SMILES string of the molecule is Cc1cc(C(=O)NCc2ccccn2)ccc1N(C)C. The van der Waals surface area contributed by atoms with Gasteiger partial charge in [0.1, 0.15) is 0 Å². The van der Waals surface area contributed by atoms with E-state index in [-0.39, 0.29) is 5.91 Å². The van der Waals surface area contributed by atoms with Crippen LogP contribution in [0.15, 0.2) is 42.6 Å². The molecule has 4 nitrogen and oxygen atoms in total. The highest BCUT2D eigenvalue weighted by molar-refractivity contribution is 5.94. The molecule has 0 radical (unpaired) electrons. The molecule has 0 spiro atoms. The Morgan fingerprint density at radius 2 is 2.05 bits per heavy atom. The van der Waals surface area contributed by atoms with Crippen molar-refractivity contribution < 1.29 is 4.79 Å².